The van der Waals surface area contributed by atoms with E-state index in [0.29, 0.717) is 22.0 Å². The van der Waals surface area contributed by atoms with Gasteiger partial charge in [-0.1, -0.05) is 0 Å². The molecule has 0 saturated carbocycles. The Morgan fingerprint density at radius 3 is 1.81 bits per heavy atom. The first-order valence-corrected chi connectivity index (χ1v) is 8.17. The minimum Gasteiger partial charge on any atom is -0.497 e. The maximum absolute atomic E-state index is 12.1. The first-order valence-electron chi connectivity index (χ1n) is 8.17. The Morgan fingerprint density at radius 1 is 0.963 bits per heavy atom. The van der Waals surface area contributed by atoms with Gasteiger partial charge in [-0.05, 0) is 36.4 Å². The van der Waals surface area contributed by atoms with Crippen LogP contribution >= 0.6 is 0 Å². The number of methoxy groups -OCH3 is 1. The van der Waals surface area contributed by atoms with Gasteiger partial charge in [0.25, 0.3) is 17.5 Å². The summed E-state index contributed by atoms with van der Waals surface area (Å²) in [6.07, 6.45) is 0. The van der Waals surface area contributed by atoms with Crippen molar-refractivity contribution in [3.8, 4) is 5.75 Å². The maximum atomic E-state index is 12.1. The van der Waals surface area contributed by atoms with E-state index in [-0.39, 0.29) is 30.6 Å². The van der Waals surface area contributed by atoms with E-state index >= 15 is 0 Å². The molecule has 0 radical (unpaired) electrons. The number of likely N-dealkylation sites (N-methyl/N-ethyl adjacent to an activating group) is 1. The van der Waals surface area contributed by atoms with E-state index in [0.717, 1.165) is 0 Å². The standard InChI is InChI=1S/C18H20N4O5/c1-21(12-18(24)20-14-5-9-16(27-2)10-6-14)11-17(23)19-13-3-7-15(8-4-13)22(25)26/h3-10H,11-12H2,1-2H3,(H,19,23)(H,20,24)/p+1. The molecule has 27 heavy (non-hydrogen) atoms. The highest BCUT2D eigenvalue weighted by Crippen LogP contribution is 2.15. The molecule has 0 aliphatic carbocycles. The number of nitro benzene ring substituents is 1. The van der Waals surface area contributed by atoms with E-state index in [4.69, 9.17) is 4.74 Å². The lowest BCUT2D eigenvalue weighted by Gasteiger charge is -2.14. The molecule has 2 rings (SSSR count). The molecule has 0 aliphatic rings. The zero-order valence-corrected chi connectivity index (χ0v) is 15.0. The second-order valence-electron chi connectivity index (χ2n) is 5.94. The van der Waals surface area contributed by atoms with Crippen LogP contribution in [0.15, 0.2) is 48.5 Å². The number of quaternary nitrogens is 1. The first kappa shape index (κ1) is 19.9. The summed E-state index contributed by atoms with van der Waals surface area (Å²) < 4.78 is 5.05. The summed E-state index contributed by atoms with van der Waals surface area (Å²) in [7, 11) is 3.29. The van der Waals surface area contributed by atoms with E-state index in [9.17, 15) is 19.7 Å². The van der Waals surface area contributed by atoms with Crippen molar-refractivity contribution in [2.75, 3.05) is 37.9 Å². The SMILES string of the molecule is COc1ccc(NC(=O)C[NH+](C)CC(=O)Nc2ccc([N+](=O)[O-])cc2)cc1. The van der Waals surface area contributed by atoms with Gasteiger partial charge in [0.05, 0.1) is 19.1 Å². The summed E-state index contributed by atoms with van der Waals surface area (Å²) in [5.74, 6) is 0.179. The number of hydrogen-bond acceptors (Lipinski definition) is 5. The van der Waals surface area contributed by atoms with Crippen LogP contribution in [-0.4, -0.2) is 44.0 Å². The quantitative estimate of drug-likeness (QED) is 0.465. The van der Waals surface area contributed by atoms with Crippen molar-refractivity contribution >= 4 is 28.9 Å². The highest BCUT2D eigenvalue weighted by atomic mass is 16.6. The van der Waals surface area contributed by atoms with Crippen molar-refractivity contribution in [3.05, 3.63) is 58.6 Å². The molecule has 0 aromatic heterocycles. The third kappa shape index (κ3) is 6.40. The lowest BCUT2D eigenvalue weighted by atomic mass is 10.3. The molecule has 0 bridgehead atoms. The number of nitrogens with one attached hydrogen (secondary N) is 3. The molecular formula is C18H21N4O5+. The van der Waals surface area contributed by atoms with Crippen molar-refractivity contribution in [1.29, 1.82) is 0 Å². The molecule has 0 fully saturated rings. The van der Waals surface area contributed by atoms with E-state index in [2.05, 4.69) is 10.6 Å². The number of nitrogens with zero attached hydrogens (tertiary/aromatic N) is 1. The van der Waals surface area contributed by atoms with Gasteiger partial charge in [0.1, 0.15) is 5.75 Å². The molecule has 0 saturated heterocycles. The molecule has 9 nitrogen and oxygen atoms in total. The van der Waals surface area contributed by atoms with Crippen molar-refractivity contribution in [3.63, 3.8) is 0 Å². The molecule has 2 amide bonds. The summed E-state index contributed by atoms with van der Waals surface area (Å²) in [6.45, 7) is 0.187. The first-order chi connectivity index (χ1) is 12.9. The van der Waals surface area contributed by atoms with Gasteiger partial charge in [0, 0.05) is 23.5 Å². The highest BCUT2D eigenvalue weighted by Gasteiger charge is 2.15. The van der Waals surface area contributed by atoms with Crippen LogP contribution in [0.5, 0.6) is 5.75 Å². The van der Waals surface area contributed by atoms with Gasteiger partial charge in [-0.25, -0.2) is 0 Å². The molecule has 9 heteroatoms. The van der Waals surface area contributed by atoms with Crippen molar-refractivity contribution < 1.29 is 24.1 Å². The Hall–Kier alpha value is -3.46. The Balaban J connectivity index is 1.79. The molecular weight excluding hydrogens is 352 g/mol. The van der Waals surface area contributed by atoms with E-state index in [1.165, 1.54) is 24.3 Å². The van der Waals surface area contributed by atoms with Crippen molar-refractivity contribution in [2.45, 2.75) is 0 Å². The molecule has 0 aliphatic heterocycles. The van der Waals surface area contributed by atoms with Crippen LogP contribution in [0.25, 0.3) is 0 Å². The third-order valence-corrected chi connectivity index (χ3v) is 3.66. The number of ether oxygens (including phenoxy) is 1. The maximum Gasteiger partial charge on any atom is 0.279 e. The Bertz CT molecular complexity index is 806. The van der Waals surface area contributed by atoms with Crippen LogP contribution < -0.4 is 20.3 Å². The van der Waals surface area contributed by atoms with Gasteiger partial charge in [0.2, 0.25) is 0 Å². The van der Waals surface area contributed by atoms with Gasteiger partial charge in [0.15, 0.2) is 13.1 Å². The minimum atomic E-state index is -0.509. The topological polar surface area (TPSA) is 115 Å². The summed E-state index contributed by atoms with van der Waals surface area (Å²) in [5, 5.41) is 16.0. The van der Waals surface area contributed by atoms with Crippen LogP contribution in [-0.2, 0) is 9.59 Å². The predicted octanol–water partition coefficient (Wildman–Crippen LogP) is 0.695. The van der Waals surface area contributed by atoms with Crippen LogP contribution in [0.4, 0.5) is 17.1 Å². The van der Waals surface area contributed by atoms with E-state index < -0.39 is 4.92 Å². The molecule has 3 N–H and O–H groups in total. The number of carbonyl (C=O) groups excluding carboxylic acids is 2. The van der Waals surface area contributed by atoms with Crippen LogP contribution in [0.1, 0.15) is 0 Å². The summed E-state index contributed by atoms with van der Waals surface area (Å²) >= 11 is 0. The average Bonchev–Trinajstić information content (AvgIpc) is 2.62. The van der Waals surface area contributed by atoms with Gasteiger partial charge < -0.3 is 20.3 Å². The van der Waals surface area contributed by atoms with Crippen molar-refractivity contribution in [2.24, 2.45) is 0 Å². The molecule has 1 atom stereocenters. The average molecular weight is 373 g/mol. The zero-order valence-electron chi connectivity index (χ0n) is 15.0. The monoisotopic (exact) mass is 373 g/mol. The zero-order chi connectivity index (χ0) is 19.8. The Kier molecular flexibility index (Phi) is 6.84. The Labute approximate surface area is 156 Å². The van der Waals surface area contributed by atoms with Gasteiger partial charge in [-0.2, -0.15) is 0 Å². The van der Waals surface area contributed by atoms with Crippen LogP contribution in [0.3, 0.4) is 0 Å². The number of amides is 2. The number of anilines is 2. The Morgan fingerprint density at radius 2 is 1.41 bits per heavy atom. The fourth-order valence-electron chi connectivity index (χ4n) is 2.36. The van der Waals surface area contributed by atoms with Crippen molar-refractivity contribution in [1.82, 2.24) is 0 Å². The minimum absolute atomic E-state index is 0.0501. The van der Waals surface area contributed by atoms with E-state index in [1.807, 2.05) is 0 Å². The fraction of sp³-hybridized carbons (Fsp3) is 0.222. The number of carbonyl (C=O) groups is 2. The molecule has 1 unspecified atom stereocenters. The number of hydrogen-bond donors (Lipinski definition) is 3. The third-order valence-electron chi connectivity index (χ3n) is 3.66. The second kappa shape index (κ2) is 9.30. The number of benzene rings is 2. The molecule has 2 aromatic rings. The lowest BCUT2D eigenvalue weighted by molar-refractivity contribution is -0.862. The second-order valence-corrected chi connectivity index (χ2v) is 5.94. The molecule has 2 aromatic carbocycles. The van der Waals surface area contributed by atoms with Crippen LogP contribution in [0.2, 0.25) is 0 Å². The predicted molar refractivity (Wildman–Crippen MR) is 100.0 cm³/mol. The summed E-state index contributed by atoms with van der Waals surface area (Å²) in [4.78, 5) is 34.9. The fourth-order valence-corrected chi connectivity index (χ4v) is 2.36. The highest BCUT2D eigenvalue weighted by molar-refractivity contribution is 5.93. The summed E-state index contributed by atoms with van der Waals surface area (Å²) in [6, 6.07) is 12.5. The van der Waals surface area contributed by atoms with Crippen LogP contribution in [0, 0.1) is 10.1 Å². The van der Waals surface area contributed by atoms with Gasteiger partial charge in [-0.3, -0.25) is 19.7 Å². The summed E-state index contributed by atoms with van der Waals surface area (Å²) in [5.41, 5.74) is 1.05. The number of rotatable bonds is 8. The normalized spacial score (nSPS) is 11.3. The van der Waals surface area contributed by atoms with E-state index in [1.54, 1.807) is 38.4 Å². The molecule has 0 spiro atoms. The number of nitro groups is 1. The van der Waals surface area contributed by atoms with Gasteiger partial charge >= 0.3 is 0 Å². The largest absolute Gasteiger partial charge is 0.497 e. The molecule has 142 valence electrons. The van der Waals surface area contributed by atoms with Gasteiger partial charge in [-0.15, -0.1) is 0 Å². The lowest BCUT2D eigenvalue weighted by Crippen LogP contribution is -3.11. The number of non-ortho nitro benzene ring substituents is 1. The molecule has 0 heterocycles. The smallest absolute Gasteiger partial charge is 0.279 e.